The van der Waals surface area contributed by atoms with Crippen LogP contribution in [0.2, 0.25) is 0 Å². The summed E-state index contributed by atoms with van der Waals surface area (Å²) in [6.45, 7) is 2.68. The smallest absolute Gasteiger partial charge is 0.374 e. The van der Waals surface area contributed by atoms with E-state index < -0.39 is 42.2 Å². The van der Waals surface area contributed by atoms with Gasteiger partial charge in [0.1, 0.15) is 18.6 Å². The second kappa shape index (κ2) is 11.2. The highest BCUT2D eigenvalue weighted by atomic mass is 16.4. The molecule has 0 bridgehead atoms. The first-order valence-electron chi connectivity index (χ1n) is 11.2. The first-order valence-corrected chi connectivity index (χ1v) is 11.2. The molecule has 3 amide bonds. The molecule has 2 atom stereocenters. The van der Waals surface area contributed by atoms with Crippen molar-refractivity contribution in [1.29, 1.82) is 0 Å². The van der Waals surface area contributed by atoms with E-state index in [1.165, 1.54) is 16.7 Å². The molecule has 0 saturated carbocycles. The monoisotopic (exact) mass is 477 g/mol. The number of rotatable bonds is 9. The predicted octanol–water partition coefficient (Wildman–Crippen LogP) is 1.84. The van der Waals surface area contributed by atoms with Gasteiger partial charge in [-0.05, 0) is 17.5 Å². The molecular weight excluding hydrogens is 450 g/mol. The van der Waals surface area contributed by atoms with E-state index in [0.717, 1.165) is 0 Å². The molecule has 9 heteroatoms. The fourth-order valence-corrected chi connectivity index (χ4v) is 3.98. The zero-order chi connectivity index (χ0) is 25.5. The van der Waals surface area contributed by atoms with Crippen molar-refractivity contribution in [3.8, 4) is 0 Å². The molecule has 182 valence electrons. The quantitative estimate of drug-likeness (QED) is 0.531. The molecule has 1 aliphatic rings. The fourth-order valence-electron chi connectivity index (χ4n) is 3.98. The molecule has 2 N–H and O–H groups in total. The second-order valence-electron chi connectivity index (χ2n) is 8.13. The van der Waals surface area contributed by atoms with Crippen molar-refractivity contribution in [1.82, 2.24) is 15.1 Å². The van der Waals surface area contributed by atoms with Crippen LogP contribution < -0.4 is 5.32 Å². The van der Waals surface area contributed by atoms with E-state index in [1.807, 2.05) is 0 Å². The van der Waals surface area contributed by atoms with E-state index in [9.17, 15) is 29.1 Å². The Morgan fingerprint density at radius 1 is 1.00 bits per heavy atom. The second-order valence-corrected chi connectivity index (χ2v) is 8.13. The molecule has 3 rings (SSSR count). The Morgan fingerprint density at radius 3 is 2.14 bits per heavy atom. The highest BCUT2D eigenvalue weighted by Crippen LogP contribution is 2.28. The summed E-state index contributed by atoms with van der Waals surface area (Å²) >= 11 is 0. The van der Waals surface area contributed by atoms with Crippen LogP contribution in [0.4, 0.5) is 0 Å². The number of benzene rings is 2. The average Bonchev–Trinajstić information content (AvgIpc) is 2.85. The minimum Gasteiger partial charge on any atom is -0.475 e. The first-order chi connectivity index (χ1) is 16.7. The van der Waals surface area contributed by atoms with Crippen LogP contribution in [0.5, 0.6) is 0 Å². The Morgan fingerprint density at radius 2 is 1.60 bits per heavy atom. The standard InChI is InChI=1S/C26H27N3O6/c1-3-21-25(33)29(22(15-28(21)17(2)30)19-12-8-5-9-13-19)16-23(31)27-20(24(32)26(34)35)14-18-10-6-4-7-11-18/h4-13,15,20-21H,3,14,16H2,1-2H3,(H,27,31)(H,34,35)/t20-,21-/m0/s1. The van der Waals surface area contributed by atoms with Gasteiger partial charge in [-0.25, -0.2) is 4.79 Å². The third-order valence-corrected chi connectivity index (χ3v) is 5.71. The zero-order valence-corrected chi connectivity index (χ0v) is 19.5. The third kappa shape index (κ3) is 6.00. The van der Waals surface area contributed by atoms with Crippen molar-refractivity contribution in [3.63, 3.8) is 0 Å². The molecule has 2 aromatic carbocycles. The number of amides is 3. The number of carbonyl (C=O) groups excluding carboxylic acids is 4. The summed E-state index contributed by atoms with van der Waals surface area (Å²) in [6, 6.07) is 15.5. The third-order valence-electron chi connectivity index (χ3n) is 5.71. The van der Waals surface area contributed by atoms with Gasteiger partial charge < -0.3 is 15.3 Å². The summed E-state index contributed by atoms with van der Waals surface area (Å²) in [4.78, 5) is 64.9. The normalized spacial score (nSPS) is 16.3. The lowest BCUT2D eigenvalue weighted by Crippen LogP contribution is -2.55. The van der Waals surface area contributed by atoms with Gasteiger partial charge in [0.2, 0.25) is 11.8 Å². The minimum atomic E-state index is -1.66. The van der Waals surface area contributed by atoms with E-state index >= 15 is 0 Å². The van der Waals surface area contributed by atoms with Crippen LogP contribution in [0.15, 0.2) is 66.9 Å². The number of nitrogens with one attached hydrogen (secondary N) is 1. The number of carboxylic acid groups (broad SMARTS) is 1. The largest absolute Gasteiger partial charge is 0.475 e. The molecule has 0 spiro atoms. The Balaban J connectivity index is 1.89. The molecule has 2 aromatic rings. The first kappa shape index (κ1) is 25.4. The van der Waals surface area contributed by atoms with E-state index in [0.29, 0.717) is 23.2 Å². The van der Waals surface area contributed by atoms with Crippen LogP contribution in [0.25, 0.3) is 5.70 Å². The van der Waals surface area contributed by atoms with Gasteiger partial charge in [-0.3, -0.25) is 24.1 Å². The van der Waals surface area contributed by atoms with Crippen molar-refractivity contribution in [3.05, 3.63) is 78.0 Å². The van der Waals surface area contributed by atoms with Gasteiger partial charge in [0, 0.05) is 19.5 Å². The molecule has 9 nitrogen and oxygen atoms in total. The summed E-state index contributed by atoms with van der Waals surface area (Å²) < 4.78 is 0. The van der Waals surface area contributed by atoms with Crippen LogP contribution in [-0.2, 0) is 30.4 Å². The molecule has 0 fully saturated rings. The van der Waals surface area contributed by atoms with E-state index in [-0.39, 0.29) is 12.3 Å². The highest BCUT2D eigenvalue weighted by molar-refractivity contribution is 6.35. The lowest BCUT2D eigenvalue weighted by molar-refractivity contribution is -0.150. The maximum absolute atomic E-state index is 13.4. The van der Waals surface area contributed by atoms with Gasteiger partial charge in [-0.15, -0.1) is 0 Å². The molecule has 0 unspecified atom stereocenters. The van der Waals surface area contributed by atoms with Crippen LogP contribution in [0.1, 0.15) is 31.4 Å². The Labute approximate surface area is 203 Å². The minimum absolute atomic E-state index is 0.0112. The number of nitrogens with zero attached hydrogens (tertiary/aromatic N) is 2. The van der Waals surface area contributed by atoms with Gasteiger partial charge >= 0.3 is 5.97 Å². The topological polar surface area (TPSA) is 124 Å². The summed E-state index contributed by atoms with van der Waals surface area (Å²) in [5.74, 6) is -4.25. The number of ketones is 1. The van der Waals surface area contributed by atoms with Gasteiger partial charge in [-0.1, -0.05) is 67.6 Å². The van der Waals surface area contributed by atoms with Crippen LogP contribution >= 0.6 is 0 Å². The lowest BCUT2D eigenvalue weighted by Gasteiger charge is -2.38. The number of carbonyl (C=O) groups is 5. The van der Waals surface area contributed by atoms with Crippen LogP contribution in [0, 0.1) is 0 Å². The maximum atomic E-state index is 13.4. The van der Waals surface area contributed by atoms with Crippen molar-refractivity contribution < 1.29 is 29.1 Å². The highest BCUT2D eigenvalue weighted by Gasteiger charge is 2.38. The molecule has 0 saturated heterocycles. The Bertz CT molecular complexity index is 1150. The van der Waals surface area contributed by atoms with Gasteiger partial charge in [-0.2, -0.15) is 0 Å². The van der Waals surface area contributed by atoms with Crippen LogP contribution in [-0.4, -0.2) is 63.0 Å². The van der Waals surface area contributed by atoms with Crippen molar-refractivity contribution >= 4 is 35.2 Å². The number of carboxylic acids is 1. The Hall–Kier alpha value is -4.27. The molecule has 0 aromatic heterocycles. The van der Waals surface area contributed by atoms with Gasteiger partial charge in [0.15, 0.2) is 0 Å². The van der Waals surface area contributed by atoms with E-state index in [4.69, 9.17) is 0 Å². The molecule has 1 heterocycles. The number of Topliss-reactive ketones (excluding diaryl/α,β-unsaturated/α-hetero) is 1. The molecule has 1 aliphatic heterocycles. The number of hydrogen-bond donors (Lipinski definition) is 2. The average molecular weight is 478 g/mol. The summed E-state index contributed by atoms with van der Waals surface area (Å²) in [7, 11) is 0. The van der Waals surface area contributed by atoms with Gasteiger partial charge in [0.25, 0.3) is 11.7 Å². The maximum Gasteiger partial charge on any atom is 0.374 e. The zero-order valence-electron chi connectivity index (χ0n) is 19.5. The number of aliphatic carboxylic acids is 1. The summed E-state index contributed by atoms with van der Waals surface area (Å²) in [5.41, 5.74) is 1.65. The summed E-state index contributed by atoms with van der Waals surface area (Å²) in [5, 5.41) is 11.7. The molecule has 35 heavy (non-hydrogen) atoms. The molecule has 0 radical (unpaired) electrons. The van der Waals surface area contributed by atoms with Crippen molar-refractivity contribution in [2.75, 3.05) is 6.54 Å². The van der Waals surface area contributed by atoms with Crippen molar-refractivity contribution in [2.45, 2.75) is 38.8 Å². The SMILES string of the molecule is CC[C@H]1C(=O)N(CC(=O)N[C@@H](Cc2ccccc2)C(=O)C(=O)O)C(c2ccccc2)=CN1C(C)=O. The lowest BCUT2D eigenvalue weighted by atomic mass is 10.0. The Kier molecular flexibility index (Phi) is 8.14. The van der Waals surface area contributed by atoms with Gasteiger partial charge in [0.05, 0.1) is 5.70 Å². The summed E-state index contributed by atoms with van der Waals surface area (Å²) in [6.07, 6.45) is 1.87. The van der Waals surface area contributed by atoms with E-state index in [1.54, 1.807) is 73.8 Å². The molecular formula is C26H27N3O6. The fraction of sp³-hybridized carbons (Fsp3) is 0.269. The molecule has 0 aliphatic carbocycles. The van der Waals surface area contributed by atoms with E-state index in [2.05, 4.69) is 5.32 Å². The van der Waals surface area contributed by atoms with Crippen molar-refractivity contribution in [2.24, 2.45) is 0 Å². The predicted molar refractivity (Wildman–Crippen MR) is 127 cm³/mol. The number of hydrogen-bond acceptors (Lipinski definition) is 5. The van der Waals surface area contributed by atoms with Crippen LogP contribution in [0.3, 0.4) is 0 Å².